The largest absolute Gasteiger partial charge is 0.565 e. The van der Waals surface area contributed by atoms with Crippen molar-refractivity contribution in [3.8, 4) is 0 Å². The van der Waals surface area contributed by atoms with Gasteiger partial charge in [-0.15, -0.1) is 0 Å². The van der Waals surface area contributed by atoms with Gasteiger partial charge in [-0.3, -0.25) is 10.1 Å². The second-order valence-corrected chi connectivity index (χ2v) is 4.87. The van der Waals surface area contributed by atoms with Crippen LogP contribution in [0.25, 0.3) is 5.43 Å². The number of aromatic nitrogens is 2. The molecule has 2 aromatic heterocycles. The van der Waals surface area contributed by atoms with E-state index in [1.807, 2.05) is 66.7 Å². The molecule has 0 saturated heterocycles. The predicted molar refractivity (Wildman–Crippen MR) is 97.9 cm³/mol. The molecule has 6 nitrogen and oxygen atoms in total. The predicted octanol–water partition coefficient (Wildman–Crippen LogP) is 3.19. The van der Waals surface area contributed by atoms with Gasteiger partial charge in [0, 0.05) is 36.0 Å². The minimum atomic E-state index is -0.583. The zero-order valence-electron chi connectivity index (χ0n) is 14.4. The molecule has 3 rings (SSSR count). The second kappa shape index (κ2) is 11.6. The average Bonchev–Trinajstić information content (AvgIpc) is 2.64. The number of carbonyl (C=O) groups excluding carboxylic acids is 1. The van der Waals surface area contributed by atoms with Crippen molar-refractivity contribution in [2.24, 2.45) is 5.10 Å². The molecule has 7 heteroatoms. The van der Waals surface area contributed by atoms with E-state index in [2.05, 4.69) is 20.5 Å². The van der Waals surface area contributed by atoms with Gasteiger partial charge in [-0.2, -0.15) is 0 Å². The molecule has 0 aliphatic heterocycles. The van der Waals surface area contributed by atoms with Gasteiger partial charge in [-0.25, -0.2) is 0 Å². The van der Waals surface area contributed by atoms with Crippen molar-refractivity contribution in [1.82, 2.24) is 9.97 Å². The number of nitrogens with zero attached hydrogens (tertiary/aromatic N) is 4. The molecule has 128 valence electrons. The molecule has 0 fully saturated rings. The smallest absolute Gasteiger partial charge is 0.512 e. The Hall–Kier alpha value is -2.92. The normalized spacial score (nSPS) is 9.96. The van der Waals surface area contributed by atoms with Crippen LogP contribution in [-0.2, 0) is 24.3 Å². The maximum atomic E-state index is 9.11. The van der Waals surface area contributed by atoms with Gasteiger partial charge in [0.15, 0.2) is 0 Å². The quantitative estimate of drug-likeness (QED) is 0.292. The van der Waals surface area contributed by atoms with Gasteiger partial charge in [0.25, 0.3) is 0 Å². The molecule has 0 bridgehead atoms. The summed E-state index contributed by atoms with van der Waals surface area (Å²) in [4.78, 5) is 17.6. The third-order valence-electron chi connectivity index (χ3n) is 2.86. The first kappa shape index (κ1) is 21.1. The SMILES string of the molecule is CC(=O)[OH2+].[Zn].c1ccc(C(=N[N-]c2ccccn2)c2ccccn2)cc1. The summed E-state index contributed by atoms with van der Waals surface area (Å²) in [6.07, 6.45) is 3.44. The van der Waals surface area contributed by atoms with Crippen molar-refractivity contribution in [1.29, 1.82) is 0 Å². The maximum absolute atomic E-state index is 9.11. The van der Waals surface area contributed by atoms with E-state index in [1.54, 1.807) is 12.4 Å². The Labute approximate surface area is 164 Å². The van der Waals surface area contributed by atoms with Crippen molar-refractivity contribution in [2.75, 3.05) is 0 Å². The summed E-state index contributed by atoms with van der Waals surface area (Å²) in [6, 6.07) is 21.1. The number of hydrogen-bond acceptors (Lipinski definition) is 4. The fourth-order valence-electron chi connectivity index (χ4n) is 1.87. The molecular weight excluding hydrogens is 382 g/mol. The molecule has 2 N–H and O–H groups in total. The van der Waals surface area contributed by atoms with Gasteiger partial charge in [0.1, 0.15) is 0 Å². The topological polar surface area (TPSA) is 92.2 Å². The molecule has 3 aromatic rings. The van der Waals surface area contributed by atoms with Crippen LogP contribution in [0.1, 0.15) is 18.2 Å². The van der Waals surface area contributed by atoms with Crippen LogP contribution in [0.2, 0.25) is 0 Å². The third-order valence-corrected chi connectivity index (χ3v) is 2.86. The van der Waals surface area contributed by atoms with E-state index in [-0.39, 0.29) is 19.5 Å². The van der Waals surface area contributed by atoms with Gasteiger partial charge >= 0.3 is 5.97 Å². The Kier molecular flexibility index (Phi) is 9.43. The number of benzene rings is 1. The molecule has 0 aliphatic rings. The van der Waals surface area contributed by atoms with Crippen LogP contribution in [0, 0.1) is 0 Å². The zero-order valence-corrected chi connectivity index (χ0v) is 17.4. The minimum Gasteiger partial charge on any atom is -0.565 e. The molecule has 2 heterocycles. The molecular formula is C19H18N4O2Zn. The van der Waals surface area contributed by atoms with Gasteiger partial charge in [-0.05, 0) is 18.0 Å². The first-order valence-corrected chi connectivity index (χ1v) is 7.55. The van der Waals surface area contributed by atoms with Crippen molar-refractivity contribution >= 4 is 17.5 Å². The number of rotatable bonds is 4. The standard InChI is InChI=1S/C17H13N4.C2H4O2.Zn/c1-2-8-14(9-3-1)17(15-10-4-6-12-18-15)21-20-16-11-5-7-13-19-16;1-2(3)4;/h1-13H;1H3,(H,3,4);/q-1;;/p+1. The van der Waals surface area contributed by atoms with E-state index in [0.29, 0.717) is 5.82 Å². The second-order valence-electron chi connectivity index (χ2n) is 4.87. The Morgan fingerprint density at radius 1 is 0.923 bits per heavy atom. The van der Waals surface area contributed by atoms with Crippen molar-refractivity contribution < 1.29 is 29.4 Å². The summed E-state index contributed by atoms with van der Waals surface area (Å²) in [5, 5.41) is 10.3. The van der Waals surface area contributed by atoms with Gasteiger partial charge in [0.05, 0.1) is 18.3 Å². The zero-order chi connectivity index (χ0) is 17.9. The average molecular weight is 400 g/mol. The van der Waals surface area contributed by atoms with E-state index in [1.165, 1.54) is 6.92 Å². The van der Waals surface area contributed by atoms with E-state index in [9.17, 15) is 0 Å². The Morgan fingerprint density at radius 3 is 2.04 bits per heavy atom. The summed E-state index contributed by atoms with van der Waals surface area (Å²) in [5.41, 5.74) is 6.67. The Bertz CT molecular complexity index is 767. The van der Waals surface area contributed by atoms with Crippen molar-refractivity contribution in [3.05, 3.63) is 95.8 Å². The van der Waals surface area contributed by atoms with E-state index >= 15 is 0 Å². The third kappa shape index (κ3) is 7.32. The van der Waals surface area contributed by atoms with Gasteiger partial charge < -0.3 is 15.5 Å². The van der Waals surface area contributed by atoms with E-state index in [4.69, 9.17) is 9.90 Å². The van der Waals surface area contributed by atoms with Crippen molar-refractivity contribution in [2.45, 2.75) is 6.92 Å². The van der Waals surface area contributed by atoms with Crippen LogP contribution in [0.5, 0.6) is 0 Å². The first-order chi connectivity index (χ1) is 12.2. The summed E-state index contributed by atoms with van der Waals surface area (Å²) >= 11 is 0. The fourth-order valence-corrected chi connectivity index (χ4v) is 1.87. The van der Waals surface area contributed by atoms with Crippen LogP contribution < -0.4 is 0 Å². The number of carbonyl (C=O) groups is 1. The van der Waals surface area contributed by atoms with Crippen LogP contribution in [0.15, 0.2) is 84.2 Å². The molecule has 0 unspecified atom stereocenters. The minimum absolute atomic E-state index is 0. The first-order valence-electron chi connectivity index (χ1n) is 7.55. The van der Waals surface area contributed by atoms with Crippen molar-refractivity contribution in [3.63, 3.8) is 0 Å². The van der Waals surface area contributed by atoms with E-state index < -0.39 is 5.97 Å². The monoisotopic (exact) mass is 398 g/mol. The molecule has 0 atom stereocenters. The van der Waals surface area contributed by atoms with Crippen LogP contribution in [0.3, 0.4) is 0 Å². The molecule has 0 spiro atoms. The molecule has 26 heavy (non-hydrogen) atoms. The van der Waals surface area contributed by atoms with Gasteiger partial charge in [-0.1, -0.05) is 60.8 Å². The van der Waals surface area contributed by atoms with Crippen LogP contribution in [-0.4, -0.2) is 26.8 Å². The summed E-state index contributed by atoms with van der Waals surface area (Å²) in [6.45, 7) is 1.19. The molecule has 1 aromatic carbocycles. The van der Waals surface area contributed by atoms with Crippen LogP contribution in [0.4, 0.5) is 5.82 Å². The molecule has 0 radical (unpaired) electrons. The number of hydrogen-bond donors (Lipinski definition) is 0. The molecule has 0 saturated carbocycles. The summed E-state index contributed by atoms with van der Waals surface area (Å²) in [5.74, 6) is -0.0122. The van der Waals surface area contributed by atoms with Gasteiger partial charge in [0.2, 0.25) is 0 Å². The Morgan fingerprint density at radius 2 is 1.50 bits per heavy atom. The summed E-state index contributed by atoms with van der Waals surface area (Å²) < 4.78 is 0. The van der Waals surface area contributed by atoms with E-state index in [0.717, 1.165) is 17.0 Å². The fraction of sp³-hybridized carbons (Fsp3) is 0.0526. The number of pyridine rings is 2. The maximum Gasteiger partial charge on any atom is 0.512 e. The molecule has 0 amide bonds. The van der Waals surface area contributed by atoms with Crippen LogP contribution >= 0.6 is 0 Å². The molecule has 0 aliphatic carbocycles. The Balaban J connectivity index is 0.000000616. The summed E-state index contributed by atoms with van der Waals surface area (Å²) in [7, 11) is 0.